The van der Waals surface area contributed by atoms with E-state index in [1.54, 1.807) is 14.2 Å². The minimum atomic E-state index is 0.720. The average molecular weight is 257 g/mol. The lowest BCUT2D eigenvalue weighted by Gasteiger charge is -2.12. The summed E-state index contributed by atoms with van der Waals surface area (Å²) in [6.07, 6.45) is 0. The second kappa shape index (κ2) is 6.14. The number of benzene rings is 2. The van der Waals surface area contributed by atoms with Gasteiger partial charge >= 0.3 is 0 Å². The van der Waals surface area contributed by atoms with E-state index in [2.05, 4.69) is 18.3 Å². The number of hydrogen-bond donors (Lipinski definition) is 1. The van der Waals surface area contributed by atoms with Crippen LogP contribution < -0.4 is 14.8 Å². The summed E-state index contributed by atoms with van der Waals surface area (Å²) in [5, 5.41) is 3.38. The standard InChI is InChI=1S/C16H19NO2/c1-12-7-8-16(19-3)13(9-12)11-17-14-5-4-6-15(10-14)18-2/h4-10,17H,11H2,1-3H3. The molecule has 0 radical (unpaired) electrons. The zero-order valence-electron chi connectivity index (χ0n) is 11.6. The van der Waals surface area contributed by atoms with Gasteiger partial charge in [0, 0.05) is 23.9 Å². The van der Waals surface area contributed by atoms with Crippen molar-refractivity contribution in [1.82, 2.24) is 0 Å². The molecule has 0 amide bonds. The highest BCUT2D eigenvalue weighted by atomic mass is 16.5. The Morgan fingerprint density at radius 1 is 1.00 bits per heavy atom. The number of rotatable bonds is 5. The molecule has 0 aliphatic carbocycles. The van der Waals surface area contributed by atoms with Gasteiger partial charge in [0.1, 0.15) is 11.5 Å². The molecule has 0 saturated carbocycles. The number of ether oxygens (including phenoxy) is 2. The number of aryl methyl sites for hydroxylation is 1. The predicted octanol–water partition coefficient (Wildman–Crippen LogP) is 3.62. The quantitative estimate of drug-likeness (QED) is 0.887. The summed E-state index contributed by atoms with van der Waals surface area (Å²) in [6.45, 7) is 2.80. The molecule has 0 aliphatic rings. The molecule has 0 bridgehead atoms. The topological polar surface area (TPSA) is 30.5 Å². The van der Waals surface area contributed by atoms with Gasteiger partial charge in [-0.05, 0) is 25.1 Å². The molecule has 2 aromatic rings. The molecule has 100 valence electrons. The Bertz CT molecular complexity index is 552. The Morgan fingerprint density at radius 2 is 1.84 bits per heavy atom. The Labute approximate surface area is 114 Å². The third kappa shape index (κ3) is 3.41. The normalized spacial score (nSPS) is 10.1. The molecule has 0 saturated heterocycles. The van der Waals surface area contributed by atoms with Crippen LogP contribution in [0.2, 0.25) is 0 Å². The molecule has 0 fully saturated rings. The van der Waals surface area contributed by atoms with E-state index < -0.39 is 0 Å². The van der Waals surface area contributed by atoms with Crippen LogP contribution in [-0.4, -0.2) is 14.2 Å². The van der Waals surface area contributed by atoms with Gasteiger partial charge in [-0.1, -0.05) is 23.8 Å². The number of hydrogen-bond acceptors (Lipinski definition) is 3. The summed E-state index contributed by atoms with van der Waals surface area (Å²) in [5.74, 6) is 1.75. The van der Waals surface area contributed by atoms with Gasteiger partial charge in [0.25, 0.3) is 0 Å². The fourth-order valence-electron chi connectivity index (χ4n) is 1.98. The Balaban J connectivity index is 2.11. The Morgan fingerprint density at radius 3 is 2.58 bits per heavy atom. The van der Waals surface area contributed by atoms with Gasteiger partial charge in [0.15, 0.2) is 0 Å². The minimum absolute atomic E-state index is 0.720. The maximum atomic E-state index is 5.37. The first kappa shape index (κ1) is 13.3. The molecule has 3 heteroatoms. The van der Waals surface area contributed by atoms with Crippen molar-refractivity contribution in [1.29, 1.82) is 0 Å². The van der Waals surface area contributed by atoms with Crippen LogP contribution in [0.1, 0.15) is 11.1 Å². The highest BCUT2D eigenvalue weighted by Crippen LogP contribution is 2.22. The van der Waals surface area contributed by atoms with Crippen molar-refractivity contribution in [3.8, 4) is 11.5 Å². The molecular formula is C16H19NO2. The van der Waals surface area contributed by atoms with Crippen molar-refractivity contribution >= 4 is 5.69 Å². The summed E-state index contributed by atoms with van der Waals surface area (Å²) < 4.78 is 10.6. The molecule has 3 nitrogen and oxygen atoms in total. The van der Waals surface area contributed by atoms with Gasteiger partial charge in [0.2, 0.25) is 0 Å². The van der Waals surface area contributed by atoms with E-state index in [0.29, 0.717) is 0 Å². The molecule has 19 heavy (non-hydrogen) atoms. The van der Waals surface area contributed by atoms with Crippen LogP contribution in [0.3, 0.4) is 0 Å². The van der Waals surface area contributed by atoms with E-state index in [9.17, 15) is 0 Å². The predicted molar refractivity (Wildman–Crippen MR) is 78.1 cm³/mol. The molecule has 0 aromatic heterocycles. The average Bonchev–Trinajstić information content (AvgIpc) is 2.45. The molecule has 2 rings (SSSR count). The first-order chi connectivity index (χ1) is 9.22. The van der Waals surface area contributed by atoms with Crippen molar-refractivity contribution < 1.29 is 9.47 Å². The molecule has 0 aliphatic heterocycles. The van der Waals surface area contributed by atoms with Crippen molar-refractivity contribution in [3.63, 3.8) is 0 Å². The summed E-state index contributed by atoms with van der Waals surface area (Å²) in [6, 6.07) is 14.1. The minimum Gasteiger partial charge on any atom is -0.497 e. The monoisotopic (exact) mass is 257 g/mol. The number of anilines is 1. The van der Waals surface area contributed by atoms with E-state index >= 15 is 0 Å². The summed E-state index contributed by atoms with van der Waals surface area (Å²) in [7, 11) is 3.36. The van der Waals surface area contributed by atoms with Crippen LogP contribution in [0.15, 0.2) is 42.5 Å². The van der Waals surface area contributed by atoms with Gasteiger partial charge in [-0.3, -0.25) is 0 Å². The molecule has 0 unspecified atom stereocenters. The largest absolute Gasteiger partial charge is 0.497 e. The first-order valence-electron chi connectivity index (χ1n) is 6.24. The SMILES string of the molecule is COc1cccc(NCc2cc(C)ccc2OC)c1. The van der Waals surface area contributed by atoms with E-state index in [0.717, 1.165) is 29.3 Å². The fraction of sp³-hybridized carbons (Fsp3) is 0.250. The molecule has 1 N–H and O–H groups in total. The lowest BCUT2D eigenvalue weighted by atomic mass is 10.1. The second-order valence-electron chi connectivity index (χ2n) is 4.40. The zero-order chi connectivity index (χ0) is 13.7. The van der Waals surface area contributed by atoms with Crippen molar-refractivity contribution in [3.05, 3.63) is 53.6 Å². The van der Waals surface area contributed by atoms with Crippen LogP contribution >= 0.6 is 0 Å². The third-order valence-corrected chi connectivity index (χ3v) is 2.99. The van der Waals surface area contributed by atoms with Crippen molar-refractivity contribution in [2.75, 3.05) is 19.5 Å². The maximum absolute atomic E-state index is 5.37. The maximum Gasteiger partial charge on any atom is 0.123 e. The van der Waals surface area contributed by atoms with Gasteiger partial charge in [-0.2, -0.15) is 0 Å². The third-order valence-electron chi connectivity index (χ3n) is 2.99. The van der Waals surface area contributed by atoms with Gasteiger partial charge in [-0.15, -0.1) is 0 Å². The fourth-order valence-corrected chi connectivity index (χ4v) is 1.98. The molecule has 0 heterocycles. The van der Waals surface area contributed by atoms with Crippen molar-refractivity contribution in [2.45, 2.75) is 13.5 Å². The van der Waals surface area contributed by atoms with Gasteiger partial charge in [0.05, 0.1) is 14.2 Å². The molecule has 0 atom stereocenters. The van der Waals surface area contributed by atoms with E-state index in [1.165, 1.54) is 5.56 Å². The molecule has 2 aromatic carbocycles. The van der Waals surface area contributed by atoms with Crippen LogP contribution in [0.5, 0.6) is 11.5 Å². The Kier molecular flexibility index (Phi) is 4.29. The summed E-state index contributed by atoms with van der Waals surface area (Å²) in [4.78, 5) is 0. The van der Waals surface area contributed by atoms with Crippen LogP contribution in [-0.2, 0) is 6.54 Å². The lowest BCUT2D eigenvalue weighted by molar-refractivity contribution is 0.410. The van der Waals surface area contributed by atoms with Crippen LogP contribution in [0.25, 0.3) is 0 Å². The number of nitrogens with one attached hydrogen (secondary N) is 1. The van der Waals surface area contributed by atoms with Gasteiger partial charge in [-0.25, -0.2) is 0 Å². The second-order valence-corrected chi connectivity index (χ2v) is 4.40. The number of methoxy groups -OCH3 is 2. The molecule has 0 spiro atoms. The van der Waals surface area contributed by atoms with Crippen molar-refractivity contribution in [2.24, 2.45) is 0 Å². The van der Waals surface area contributed by atoms with Crippen LogP contribution in [0.4, 0.5) is 5.69 Å². The summed E-state index contributed by atoms with van der Waals surface area (Å²) >= 11 is 0. The lowest BCUT2D eigenvalue weighted by Crippen LogP contribution is -2.02. The highest BCUT2D eigenvalue weighted by Gasteiger charge is 2.03. The van der Waals surface area contributed by atoms with Crippen LogP contribution in [0, 0.1) is 6.92 Å². The van der Waals surface area contributed by atoms with E-state index in [4.69, 9.17) is 9.47 Å². The summed E-state index contributed by atoms with van der Waals surface area (Å²) in [5.41, 5.74) is 3.40. The first-order valence-corrected chi connectivity index (χ1v) is 6.24. The van der Waals surface area contributed by atoms with E-state index in [1.807, 2.05) is 36.4 Å². The smallest absolute Gasteiger partial charge is 0.123 e. The van der Waals surface area contributed by atoms with Gasteiger partial charge < -0.3 is 14.8 Å². The zero-order valence-corrected chi connectivity index (χ0v) is 11.6. The molecular weight excluding hydrogens is 238 g/mol. The Hall–Kier alpha value is -2.16. The van der Waals surface area contributed by atoms with E-state index in [-0.39, 0.29) is 0 Å². The highest BCUT2D eigenvalue weighted by molar-refractivity contribution is 5.49.